The second kappa shape index (κ2) is 5.37. The Morgan fingerprint density at radius 1 is 1.00 bits per heavy atom. The molecule has 2 N–H and O–H groups in total. The highest BCUT2D eigenvalue weighted by atomic mass is 32.2. The Morgan fingerprint density at radius 3 is 2.42 bits per heavy atom. The number of benzene rings is 2. The summed E-state index contributed by atoms with van der Waals surface area (Å²) in [5.41, 5.74) is 11.2. The number of hydrogen-bond acceptors (Lipinski definition) is 3. The van der Waals surface area contributed by atoms with Gasteiger partial charge >= 0.3 is 0 Å². The molecule has 98 valence electrons. The van der Waals surface area contributed by atoms with Crippen LogP contribution in [0, 0.1) is 0 Å². The molecule has 0 aromatic heterocycles. The summed E-state index contributed by atoms with van der Waals surface area (Å²) in [6, 6.07) is 14.8. The minimum absolute atomic E-state index is 0.0678. The summed E-state index contributed by atoms with van der Waals surface area (Å²) in [4.78, 5) is 1.26. The van der Waals surface area contributed by atoms with Crippen LogP contribution in [-0.4, -0.2) is 6.26 Å². The Labute approximate surface area is 118 Å². The molecule has 1 aliphatic rings. The zero-order valence-electron chi connectivity index (χ0n) is 10.9. The van der Waals surface area contributed by atoms with Crippen molar-refractivity contribution in [3.63, 3.8) is 0 Å². The summed E-state index contributed by atoms with van der Waals surface area (Å²) in [5, 5.41) is 0. The molecule has 0 saturated carbocycles. The topological polar surface area (TPSA) is 35.2 Å². The smallest absolute Gasteiger partial charge is 0.0725 e. The summed E-state index contributed by atoms with van der Waals surface area (Å²) >= 11 is 1.74. The molecule has 3 rings (SSSR count). The lowest BCUT2D eigenvalue weighted by Crippen LogP contribution is -2.12. The molecule has 0 spiro atoms. The highest BCUT2D eigenvalue weighted by molar-refractivity contribution is 7.98. The van der Waals surface area contributed by atoms with Crippen molar-refractivity contribution < 1.29 is 4.74 Å². The predicted molar refractivity (Wildman–Crippen MR) is 79.2 cm³/mol. The first-order valence-electron chi connectivity index (χ1n) is 6.37. The van der Waals surface area contributed by atoms with Crippen LogP contribution in [0.3, 0.4) is 0 Å². The normalized spacial score (nSPS) is 15.3. The molecular formula is C16H17NOS. The minimum atomic E-state index is -0.0678. The van der Waals surface area contributed by atoms with Crippen molar-refractivity contribution in [2.45, 2.75) is 24.2 Å². The molecule has 0 bridgehead atoms. The van der Waals surface area contributed by atoms with Gasteiger partial charge < -0.3 is 10.5 Å². The summed E-state index contributed by atoms with van der Waals surface area (Å²) in [7, 11) is 0. The van der Waals surface area contributed by atoms with Crippen molar-refractivity contribution in [2.24, 2.45) is 5.73 Å². The van der Waals surface area contributed by atoms with E-state index in [1.54, 1.807) is 11.8 Å². The molecule has 0 aliphatic carbocycles. The third-order valence-corrected chi connectivity index (χ3v) is 4.32. The fourth-order valence-corrected chi connectivity index (χ4v) is 2.80. The first-order valence-corrected chi connectivity index (χ1v) is 7.59. The Balaban J connectivity index is 1.88. The fourth-order valence-electron chi connectivity index (χ4n) is 2.39. The monoisotopic (exact) mass is 271 g/mol. The number of fused-ring (bicyclic) bond motifs is 1. The Bertz CT molecular complexity index is 580. The van der Waals surface area contributed by atoms with E-state index in [2.05, 4.69) is 48.7 Å². The minimum Gasteiger partial charge on any atom is -0.372 e. The van der Waals surface area contributed by atoms with Crippen LogP contribution in [0.2, 0.25) is 0 Å². The van der Waals surface area contributed by atoms with Crippen LogP contribution < -0.4 is 5.73 Å². The average molecular weight is 271 g/mol. The maximum Gasteiger partial charge on any atom is 0.0725 e. The second-order valence-corrected chi connectivity index (χ2v) is 5.65. The van der Waals surface area contributed by atoms with Crippen LogP contribution in [-0.2, 0) is 18.0 Å². The zero-order chi connectivity index (χ0) is 13.2. The van der Waals surface area contributed by atoms with E-state index in [9.17, 15) is 0 Å². The third-order valence-electron chi connectivity index (χ3n) is 3.58. The fraction of sp³-hybridized carbons (Fsp3) is 0.250. The SMILES string of the molecule is CSc1ccc(C(N)c2ccc3c(c2)COC3)cc1. The van der Waals surface area contributed by atoms with Gasteiger partial charge in [-0.3, -0.25) is 0 Å². The van der Waals surface area contributed by atoms with Gasteiger partial charge in [0.1, 0.15) is 0 Å². The van der Waals surface area contributed by atoms with Crippen molar-refractivity contribution in [1.82, 2.24) is 0 Å². The molecule has 2 nitrogen and oxygen atoms in total. The van der Waals surface area contributed by atoms with Gasteiger partial charge in [0.2, 0.25) is 0 Å². The molecule has 2 aromatic carbocycles. The van der Waals surface area contributed by atoms with Crippen molar-refractivity contribution in [2.75, 3.05) is 6.26 Å². The maximum atomic E-state index is 6.35. The lowest BCUT2D eigenvalue weighted by atomic mass is 9.96. The van der Waals surface area contributed by atoms with Gasteiger partial charge in [-0.1, -0.05) is 30.3 Å². The molecule has 1 unspecified atom stereocenters. The van der Waals surface area contributed by atoms with Crippen molar-refractivity contribution in [1.29, 1.82) is 0 Å². The van der Waals surface area contributed by atoms with Gasteiger partial charge in [-0.25, -0.2) is 0 Å². The summed E-state index contributed by atoms with van der Waals surface area (Å²) in [6.07, 6.45) is 2.08. The molecule has 0 fully saturated rings. The first kappa shape index (κ1) is 12.7. The number of thioether (sulfide) groups is 1. The van der Waals surface area contributed by atoms with Crippen molar-refractivity contribution in [3.8, 4) is 0 Å². The van der Waals surface area contributed by atoms with Crippen LogP contribution in [0.4, 0.5) is 0 Å². The van der Waals surface area contributed by atoms with Crippen LogP contribution in [0.15, 0.2) is 47.4 Å². The van der Waals surface area contributed by atoms with E-state index in [-0.39, 0.29) is 6.04 Å². The van der Waals surface area contributed by atoms with Gasteiger partial charge in [-0.05, 0) is 40.6 Å². The van der Waals surface area contributed by atoms with E-state index in [0.29, 0.717) is 6.61 Å². The van der Waals surface area contributed by atoms with E-state index < -0.39 is 0 Å². The molecule has 0 amide bonds. The molecular weight excluding hydrogens is 254 g/mol. The standard InChI is InChI=1S/C16H17NOS/c1-19-15-6-4-11(5-7-15)16(17)12-2-3-13-9-18-10-14(13)8-12/h2-8,16H,9-10,17H2,1H3. The van der Waals surface area contributed by atoms with Gasteiger partial charge in [0, 0.05) is 4.90 Å². The largest absolute Gasteiger partial charge is 0.372 e. The van der Waals surface area contributed by atoms with E-state index in [1.807, 2.05) is 0 Å². The lowest BCUT2D eigenvalue weighted by molar-refractivity contribution is 0.134. The van der Waals surface area contributed by atoms with Gasteiger partial charge in [0.15, 0.2) is 0 Å². The van der Waals surface area contributed by atoms with E-state index in [1.165, 1.54) is 16.0 Å². The molecule has 1 atom stereocenters. The average Bonchev–Trinajstić information content (AvgIpc) is 2.94. The zero-order valence-corrected chi connectivity index (χ0v) is 11.7. The first-order chi connectivity index (χ1) is 9.28. The van der Waals surface area contributed by atoms with Crippen LogP contribution >= 0.6 is 11.8 Å². The maximum absolute atomic E-state index is 6.35. The third kappa shape index (κ3) is 2.54. The quantitative estimate of drug-likeness (QED) is 0.868. The van der Waals surface area contributed by atoms with Crippen LogP contribution in [0.1, 0.15) is 28.3 Å². The number of ether oxygens (including phenoxy) is 1. The summed E-state index contributed by atoms with van der Waals surface area (Å²) in [5.74, 6) is 0. The van der Waals surface area contributed by atoms with Gasteiger partial charge in [-0.15, -0.1) is 11.8 Å². The molecule has 3 heteroatoms. The van der Waals surface area contributed by atoms with Gasteiger partial charge in [0.05, 0.1) is 19.3 Å². The second-order valence-electron chi connectivity index (χ2n) is 4.77. The lowest BCUT2D eigenvalue weighted by Gasteiger charge is -2.14. The Morgan fingerprint density at radius 2 is 1.68 bits per heavy atom. The van der Waals surface area contributed by atoms with Crippen LogP contribution in [0.25, 0.3) is 0 Å². The van der Waals surface area contributed by atoms with Crippen molar-refractivity contribution >= 4 is 11.8 Å². The molecule has 1 heterocycles. The van der Waals surface area contributed by atoms with Gasteiger partial charge in [-0.2, -0.15) is 0 Å². The number of nitrogens with two attached hydrogens (primary N) is 1. The van der Waals surface area contributed by atoms with E-state index in [4.69, 9.17) is 10.5 Å². The van der Waals surface area contributed by atoms with E-state index in [0.717, 1.165) is 17.7 Å². The molecule has 0 radical (unpaired) electrons. The van der Waals surface area contributed by atoms with Gasteiger partial charge in [0.25, 0.3) is 0 Å². The number of rotatable bonds is 3. The van der Waals surface area contributed by atoms with E-state index >= 15 is 0 Å². The highest BCUT2D eigenvalue weighted by Crippen LogP contribution is 2.27. The Kier molecular flexibility index (Phi) is 3.60. The highest BCUT2D eigenvalue weighted by Gasteiger charge is 2.15. The summed E-state index contributed by atoms with van der Waals surface area (Å²) in [6.45, 7) is 1.44. The Hall–Kier alpha value is -1.29. The molecule has 1 aliphatic heterocycles. The summed E-state index contributed by atoms with van der Waals surface area (Å²) < 4.78 is 5.44. The van der Waals surface area contributed by atoms with Crippen LogP contribution in [0.5, 0.6) is 0 Å². The predicted octanol–water partition coefficient (Wildman–Crippen LogP) is 3.49. The molecule has 19 heavy (non-hydrogen) atoms. The number of hydrogen-bond donors (Lipinski definition) is 1. The van der Waals surface area contributed by atoms with Crippen molar-refractivity contribution in [3.05, 3.63) is 64.7 Å². The molecule has 2 aromatic rings. The molecule has 0 saturated heterocycles.